The third-order valence-corrected chi connectivity index (χ3v) is 2.37. The third-order valence-electron chi connectivity index (χ3n) is 2.37. The number of hydrogen-bond donors (Lipinski definition) is 1. The molecule has 0 aromatic carbocycles. The first-order chi connectivity index (χ1) is 7.54. The van der Waals surface area contributed by atoms with E-state index >= 15 is 0 Å². The van der Waals surface area contributed by atoms with Crippen molar-refractivity contribution in [1.29, 1.82) is 5.26 Å². The molecule has 16 heavy (non-hydrogen) atoms. The summed E-state index contributed by atoms with van der Waals surface area (Å²) >= 11 is 0. The molecule has 0 aromatic heterocycles. The number of nitrogens with two attached hydrogens (primary N) is 1. The molecule has 0 rings (SSSR count). The predicted octanol–water partition coefficient (Wildman–Crippen LogP) is 0.358. The minimum atomic E-state index is -0.504. The van der Waals surface area contributed by atoms with Gasteiger partial charge in [0.2, 0.25) is 5.91 Å². The fourth-order valence-electron chi connectivity index (χ4n) is 1.21. The number of nitrogens with zero attached hydrogens (tertiary/aromatic N) is 2. The van der Waals surface area contributed by atoms with Crippen LogP contribution in [0.5, 0.6) is 0 Å². The summed E-state index contributed by atoms with van der Waals surface area (Å²) in [5.41, 5.74) is 5.79. The lowest BCUT2D eigenvalue weighted by Crippen LogP contribution is -2.47. The second-order valence-corrected chi connectivity index (χ2v) is 4.00. The molecule has 0 saturated heterocycles. The molecule has 0 saturated carbocycles. The molecule has 2 N–H and O–H groups in total. The third kappa shape index (κ3) is 5.10. The number of nitriles is 1. The Morgan fingerprint density at radius 3 is 2.56 bits per heavy atom. The molecule has 1 atom stereocenters. The average Bonchev–Trinajstić information content (AvgIpc) is 2.27. The average molecular weight is 227 g/mol. The summed E-state index contributed by atoms with van der Waals surface area (Å²) in [6.07, 6.45) is 0.320. The van der Waals surface area contributed by atoms with Gasteiger partial charge in [-0.1, -0.05) is 13.8 Å². The monoisotopic (exact) mass is 227 g/mol. The van der Waals surface area contributed by atoms with Crippen LogP contribution >= 0.6 is 0 Å². The maximum absolute atomic E-state index is 11.9. The van der Waals surface area contributed by atoms with E-state index < -0.39 is 6.04 Å². The highest BCUT2D eigenvalue weighted by molar-refractivity contribution is 5.81. The molecule has 0 spiro atoms. The molecule has 0 unspecified atom stereocenters. The molecule has 1 amide bonds. The van der Waals surface area contributed by atoms with E-state index in [4.69, 9.17) is 15.7 Å². The van der Waals surface area contributed by atoms with Crippen LogP contribution in [0.2, 0.25) is 0 Å². The van der Waals surface area contributed by atoms with E-state index in [-0.39, 0.29) is 11.8 Å². The second kappa shape index (κ2) is 8.08. The Hall–Kier alpha value is -1.12. The summed E-state index contributed by atoms with van der Waals surface area (Å²) in [6.45, 7) is 5.17. The van der Waals surface area contributed by atoms with Gasteiger partial charge in [-0.2, -0.15) is 5.26 Å². The van der Waals surface area contributed by atoms with Crippen molar-refractivity contribution in [2.24, 2.45) is 11.7 Å². The Labute approximate surface area is 97.2 Å². The Bertz CT molecular complexity index is 248. The quantitative estimate of drug-likeness (QED) is 0.681. The van der Waals surface area contributed by atoms with Crippen LogP contribution in [0.4, 0.5) is 0 Å². The first-order valence-electron chi connectivity index (χ1n) is 5.44. The number of rotatable bonds is 7. The molecule has 0 radical (unpaired) electrons. The van der Waals surface area contributed by atoms with Gasteiger partial charge in [0.05, 0.1) is 25.1 Å². The van der Waals surface area contributed by atoms with Crippen molar-refractivity contribution in [3.63, 3.8) is 0 Å². The van der Waals surface area contributed by atoms with E-state index in [1.165, 1.54) is 0 Å². The lowest BCUT2D eigenvalue weighted by molar-refractivity contribution is -0.134. The van der Waals surface area contributed by atoms with Crippen LogP contribution in [-0.4, -0.2) is 43.7 Å². The highest BCUT2D eigenvalue weighted by Crippen LogP contribution is 2.04. The molecular weight excluding hydrogens is 206 g/mol. The number of methoxy groups -OCH3 is 1. The summed E-state index contributed by atoms with van der Waals surface area (Å²) in [5, 5.41) is 8.52. The summed E-state index contributed by atoms with van der Waals surface area (Å²) < 4.78 is 4.93. The van der Waals surface area contributed by atoms with Gasteiger partial charge < -0.3 is 15.4 Å². The molecule has 0 aliphatic heterocycles. The van der Waals surface area contributed by atoms with Crippen molar-refractivity contribution in [2.45, 2.75) is 26.3 Å². The number of amides is 1. The molecule has 0 aliphatic rings. The lowest BCUT2D eigenvalue weighted by atomic mass is 10.0. The smallest absolute Gasteiger partial charge is 0.239 e. The van der Waals surface area contributed by atoms with Gasteiger partial charge >= 0.3 is 0 Å². The highest BCUT2D eigenvalue weighted by atomic mass is 16.5. The van der Waals surface area contributed by atoms with Crippen LogP contribution < -0.4 is 5.73 Å². The van der Waals surface area contributed by atoms with E-state index in [1.807, 2.05) is 19.9 Å². The standard InChI is InChI=1S/C11H21N3O2/c1-9(2)10(13)11(15)14(6-4-5-12)7-8-16-3/h9-10H,4,6-8,13H2,1-3H3/t10-/m1/s1. The molecule has 92 valence electrons. The number of hydrogen-bond acceptors (Lipinski definition) is 4. The van der Waals surface area contributed by atoms with Gasteiger partial charge in [0.25, 0.3) is 0 Å². The first kappa shape index (κ1) is 14.9. The van der Waals surface area contributed by atoms with Crippen LogP contribution in [0, 0.1) is 17.2 Å². The molecule has 0 bridgehead atoms. The SMILES string of the molecule is COCCN(CCC#N)C(=O)[C@H](N)C(C)C. The van der Waals surface area contributed by atoms with Crippen LogP contribution in [0.1, 0.15) is 20.3 Å². The maximum atomic E-state index is 11.9. The van der Waals surface area contributed by atoms with E-state index in [9.17, 15) is 4.79 Å². The summed E-state index contributed by atoms with van der Waals surface area (Å²) in [4.78, 5) is 13.5. The Morgan fingerprint density at radius 2 is 2.12 bits per heavy atom. The summed E-state index contributed by atoms with van der Waals surface area (Å²) in [7, 11) is 1.58. The van der Waals surface area contributed by atoms with Crippen LogP contribution in [0.25, 0.3) is 0 Å². The van der Waals surface area contributed by atoms with Gasteiger partial charge in [-0.15, -0.1) is 0 Å². The normalized spacial score (nSPS) is 12.2. The van der Waals surface area contributed by atoms with Crippen molar-refractivity contribution in [3.05, 3.63) is 0 Å². The van der Waals surface area contributed by atoms with Crippen molar-refractivity contribution in [2.75, 3.05) is 26.8 Å². The minimum absolute atomic E-state index is 0.0969. The maximum Gasteiger partial charge on any atom is 0.239 e. The van der Waals surface area contributed by atoms with Crippen molar-refractivity contribution < 1.29 is 9.53 Å². The summed E-state index contributed by atoms with van der Waals surface area (Å²) in [5.74, 6) is -0.0121. The first-order valence-corrected chi connectivity index (χ1v) is 5.44. The van der Waals surface area contributed by atoms with E-state index in [0.29, 0.717) is 26.1 Å². The number of carbonyl (C=O) groups is 1. The minimum Gasteiger partial charge on any atom is -0.383 e. The second-order valence-electron chi connectivity index (χ2n) is 4.00. The van der Waals surface area contributed by atoms with Gasteiger partial charge in [0.15, 0.2) is 0 Å². The molecule has 0 aliphatic carbocycles. The fourth-order valence-corrected chi connectivity index (χ4v) is 1.21. The van der Waals surface area contributed by atoms with E-state index in [0.717, 1.165) is 0 Å². The number of ether oxygens (including phenoxy) is 1. The summed E-state index contributed by atoms with van der Waals surface area (Å²) in [6, 6.07) is 1.52. The van der Waals surface area contributed by atoms with Gasteiger partial charge in [0.1, 0.15) is 0 Å². The van der Waals surface area contributed by atoms with E-state index in [2.05, 4.69) is 0 Å². The van der Waals surface area contributed by atoms with Crippen LogP contribution in [-0.2, 0) is 9.53 Å². The number of carbonyl (C=O) groups excluding carboxylic acids is 1. The van der Waals surface area contributed by atoms with Crippen molar-refractivity contribution in [3.8, 4) is 6.07 Å². The fraction of sp³-hybridized carbons (Fsp3) is 0.818. The van der Waals surface area contributed by atoms with Gasteiger partial charge in [0, 0.05) is 20.2 Å². The molecular formula is C11H21N3O2. The zero-order chi connectivity index (χ0) is 12.6. The van der Waals surface area contributed by atoms with Gasteiger partial charge in [-0.3, -0.25) is 4.79 Å². The van der Waals surface area contributed by atoms with Crippen LogP contribution in [0.15, 0.2) is 0 Å². The van der Waals surface area contributed by atoms with Crippen molar-refractivity contribution >= 4 is 5.91 Å². The molecule has 0 fully saturated rings. The topological polar surface area (TPSA) is 79.3 Å². The Morgan fingerprint density at radius 1 is 1.50 bits per heavy atom. The van der Waals surface area contributed by atoms with E-state index in [1.54, 1.807) is 12.0 Å². The van der Waals surface area contributed by atoms with Crippen molar-refractivity contribution in [1.82, 2.24) is 4.90 Å². The van der Waals surface area contributed by atoms with Gasteiger partial charge in [-0.05, 0) is 5.92 Å². The molecule has 5 nitrogen and oxygen atoms in total. The Kier molecular flexibility index (Phi) is 7.52. The largest absolute Gasteiger partial charge is 0.383 e. The highest BCUT2D eigenvalue weighted by Gasteiger charge is 2.22. The zero-order valence-electron chi connectivity index (χ0n) is 10.3. The predicted molar refractivity (Wildman–Crippen MR) is 61.5 cm³/mol. The van der Waals surface area contributed by atoms with Gasteiger partial charge in [-0.25, -0.2) is 0 Å². The Balaban J connectivity index is 4.36. The lowest BCUT2D eigenvalue weighted by Gasteiger charge is -2.26. The zero-order valence-corrected chi connectivity index (χ0v) is 10.3. The molecule has 0 aromatic rings. The molecule has 5 heteroatoms. The molecule has 0 heterocycles. The van der Waals surface area contributed by atoms with Crippen LogP contribution in [0.3, 0.4) is 0 Å².